The van der Waals surface area contributed by atoms with Gasteiger partial charge in [0.15, 0.2) is 6.29 Å². The van der Waals surface area contributed by atoms with Crippen molar-refractivity contribution in [1.82, 2.24) is 9.62 Å². The van der Waals surface area contributed by atoms with Crippen LogP contribution in [0, 0.1) is 5.92 Å². The van der Waals surface area contributed by atoms with Gasteiger partial charge in [-0.25, -0.2) is 13.1 Å². The fourth-order valence-electron chi connectivity index (χ4n) is 6.50. The van der Waals surface area contributed by atoms with Crippen LogP contribution < -0.4 is 4.72 Å². The second-order valence-electron chi connectivity index (χ2n) is 13.3. The molecule has 0 bridgehead atoms. The number of rotatable bonds is 13. The van der Waals surface area contributed by atoms with Crippen LogP contribution in [0.5, 0.6) is 0 Å². The minimum absolute atomic E-state index is 0.00827. The van der Waals surface area contributed by atoms with Gasteiger partial charge >= 0.3 is 0 Å². The Morgan fingerprint density at radius 1 is 0.765 bits per heavy atom. The van der Waals surface area contributed by atoms with Crippen LogP contribution in [0.15, 0.2) is 138 Å². The molecule has 5 aromatic carbocycles. The first-order valence-corrected chi connectivity index (χ1v) is 18.8. The summed E-state index contributed by atoms with van der Waals surface area (Å²) >= 11 is 0. The summed E-state index contributed by atoms with van der Waals surface area (Å²) < 4.78 is 41.6. The Hall–Kier alpha value is -4.19. The van der Waals surface area contributed by atoms with Gasteiger partial charge in [0.25, 0.3) is 0 Å². The van der Waals surface area contributed by atoms with Crippen LogP contribution in [0.1, 0.15) is 60.2 Å². The van der Waals surface area contributed by atoms with Gasteiger partial charge in [0, 0.05) is 30.6 Å². The summed E-state index contributed by atoms with van der Waals surface area (Å²) in [6.07, 6.45) is -1.76. The van der Waals surface area contributed by atoms with Gasteiger partial charge in [-0.2, -0.15) is 0 Å². The van der Waals surface area contributed by atoms with E-state index < -0.39 is 22.4 Å². The van der Waals surface area contributed by atoms with Crippen molar-refractivity contribution in [1.29, 1.82) is 0 Å². The van der Waals surface area contributed by atoms with Gasteiger partial charge in [0.1, 0.15) is 0 Å². The number of sulfonamides is 1. The first kappa shape index (κ1) is 36.6. The largest absolute Gasteiger partial charge is 0.392 e. The maximum atomic E-state index is 12.8. The highest BCUT2D eigenvalue weighted by Gasteiger charge is 2.39. The third-order valence-electron chi connectivity index (χ3n) is 9.85. The number of aliphatic hydroxyl groups is 2. The second kappa shape index (κ2) is 16.4. The fourth-order valence-corrected chi connectivity index (χ4v) is 7.54. The summed E-state index contributed by atoms with van der Waals surface area (Å²) in [7, 11) is -1.61. The topological polar surface area (TPSA) is 108 Å². The zero-order chi connectivity index (χ0) is 36.0. The number of benzene rings is 5. The Morgan fingerprint density at radius 3 is 2.08 bits per heavy atom. The monoisotopic (exact) mass is 706 g/mol. The maximum absolute atomic E-state index is 12.8. The van der Waals surface area contributed by atoms with Gasteiger partial charge in [0.2, 0.25) is 10.0 Å². The lowest BCUT2D eigenvalue weighted by Crippen LogP contribution is -2.46. The molecule has 0 saturated carbocycles. The molecule has 0 radical (unpaired) electrons. The molecule has 6 rings (SSSR count). The third-order valence-corrected chi connectivity index (χ3v) is 11.3. The molecular formula is C42H46N2O6S. The molecule has 266 valence electrons. The highest BCUT2D eigenvalue weighted by atomic mass is 32.2. The van der Waals surface area contributed by atoms with E-state index in [1.165, 1.54) is 0 Å². The first-order chi connectivity index (χ1) is 24.6. The number of hydrogen-bond acceptors (Lipinski definition) is 7. The molecule has 1 aliphatic rings. The zero-order valence-electron chi connectivity index (χ0n) is 29.2. The normalized spacial score (nSPS) is 20.6. The van der Waals surface area contributed by atoms with Crippen LogP contribution in [0.25, 0.3) is 11.1 Å². The number of nitrogens with one attached hydrogen (secondary N) is 1. The predicted octanol–water partition coefficient (Wildman–Crippen LogP) is 7.17. The van der Waals surface area contributed by atoms with Gasteiger partial charge in [-0.15, -0.1) is 0 Å². The molecule has 5 aromatic rings. The van der Waals surface area contributed by atoms with E-state index in [9.17, 15) is 18.6 Å². The van der Waals surface area contributed by atoms with Crippen molar-refractivity contribution in [3.63, 3.8) is 0 Å². The van der Waals surface area contributed by atoms with E-state index in [1.54, 1.807) is 30.3 Å². The van der Waals surface area contributed by atoms with E-state index in [1.807, 2.05) is 117 Å². The zero-order valence-corrected chi connectivity index (χ0v) is 30.0. The Bertz CT molecular complexity index is 1960. The average Bonchev–Trinajstić information content (AvgIpc) is 3.18. The van der Waals surface area contributed by atoms with Crippen molar-refractivity contribution < 1.29 is 28.1 Å². The highest BCUT2D eigenvalue weighted by molar-refractivity contribution is 7.89. The molecule has 0 unspecified atom stereocenters. The molecule has 0 aromatic heterocycles. The predicted molar refractivity (Wildman–Crippen MR) is 199 cm³/mol. The molecule has 0 spiro atoms. The van der Waals surface area contributed by atoms with E-state index in [2.05, 4.69) is 16.5 Å². The van der Waals surface area contributed by atoms with Crippen molar-refractivity contribution in [3.05, 3.63) is 161 Å². The molecule has 6 atom stereocenters. The number of nitrogens with zero attached hydrogens (tertiary/aromatic N) is 1. The first-order valence-electron chi connectivity index (χ1n) is 17.3. The maximum Gasteiger partial charge on any atom is 0.240 e. The van der Waals surface area contributed by atoms with Crippen LogP contribution >= 0.6 is 0 Å². The number of aliphatic hydroxyl groups excluding tert-OH is 2. The Labute approximate surface area is 301 Å². The lowest BCUT2D eigenvalue weighted by Gasteiger charge is -2.43. The van der Waals surface area contributed by atoms with E-state index in [-0.39, 0.29) is 42.2 Å². The van der Waals surface area contributed by atoms with E-state index in [0.717, 1.165) is 38.9 Å². The Morgan fingerprint density at radius 2 is 1.41 bits per heavy atom. The molecule has 1 heterocycles. The lowest BCUT2D eigenvalue weighted by atomic mass is 9.89. The van der Waals surface area contributed by atoms with Crippen molar-refractivity contribution in [2.45, 2.75) is 62.5 Å². The van der Waals surface area contributed by atoms with Crippen LogP contribution in [-0.2, 0) is 32.6 Å². The smallest absolute Gasteiger partial charge is 0.240 e. The van der Waals surface area contributed by atoms with Gasteiger partial charge in [-0.3, -0.25) is 4.90 Å². The molecular weight excluding hydrogens is 661 g/mol. The van der Waals surface area contributed by atoms with Gasteiger partial charge < -0.3 is 19.7 Å². The van der Waals surface area contributed by atoms with Gasteiger partial charge in [-0.1, -0.05) is 122 Å². The van der Waals surface area contributed by atoms with E-state index in [0.29, 0.717) is 6.54 Å². The van der Waals surface area contributed by atoms with E-state index in [4.69, 9.17) is 9.47 Å². The average molecular weight is 707 g/mol. The summed E-state index contributed by atoms with van der Waals surface area (Å²) in [6, 6.07) is 41.6. The molecule has 0 amide bonds. The third kappa shape index (κ3) is 8.83. The van der Waals surface area contributed by atoms with Crippen molar-refractivity contribution >= 4 is 10.0 Å². The molecule has 1 fully saturated rings. The van der Waals surface area contributed by atoms with Crippen molar-refractivity contribution in [2.24, 2.45) is 5.92 Å². The van der Waals surface area contributed by atoms with E-state index >= 15 is 0 Å². The summed E-state index contributed by atoms with van der Waals surface area (Å²) in [5, 5.41) is 20.8. The molecule has 3 N–H and O–H groups in total. The SMILES string of the molecule is C[C@H]1[C@@H](CN(C)[C@H](C)[C@@H](O)c2ccccc2)O[C@@H](c2ccc(-c3cccc(CNS(=O)(=O)c4ccccc4)c3)cc2)O[C@H]1c1ccc(CO)cc1. The lowest BCUT2D eigenvalue weighted by molar-refractivity contribution is -0.276. The fraction of sp³-hybridized carbons (Fsp3) is 0.286. The summed E-state index contributed by atoms with van der Waals surface area (Å²) in [5.41, 5.74) is 6.38. The van der Waals surface area contributed by atoms with Crippen molar-refractivity contribution in [2.75, 3.05) is 13.6 Å². The molecule has 51 heavy (non-hydrogen) atoms. The molecule has 8 nitrogen and oxygen atoms in total. The summed E-state index contributed by atoms with van der Waals surface area (Å²) in [6.45, 7) is 4.88. The number of ether oxygens (including phenoxy) is 2. The van der Waals surface area contributed by atoms with Gasteiger partial charge in [0.05, 0.1) is 29.8 Å². The van der Waals surface area contributed by atoms with Crippen LogP contribution in [0.3, 0.4) is 0 Å². The van der Waals surface area contributed by atoms with Crippen LogP contribution in [-0.4, -0.2) is 49.3 Å². The molecule has 1 aliphatic heterocycles. The molecule has 1 saturated heterocycles. The van der Waals surface area contributed by atoms with Crippen LogP contribution in [0.2, 0.25) is 0 Å². The molecule has 9 heteroatoms. The highest BCUT2D eigenvalue weighted by Crippen LogP contribution is 2.42. The van der Waals surface area contributed by atoms with Crippen LogP contribution in [0.4, 0.5) is 0 Å². The minimum Gasteiger partial charge on any atom is -0.392 e. The Kier molecular flexibility index (Phi) is 11.8. The minimum atomic E-state index is -3.62. The Balaban J connectivity index is 1.19. The standard InChI is InChI=1S/C42H46N2O6S/c1-29-39(27-44(3)30(2)40(46)34-12-6-4-7-13-34)49-42(50-41(29)35-19-17-31(28-45)18-20-35)36-23-21-33(22-24-36)37-14-10-11-32(25-37)26-43-51(47,48)38-15-8-5-9-16-38/h4-25,29-30,39-43,45-46H,26-28H2,1-3H3/t29-,30+,39+,40+,41+,42+/m0/s1. The second-order valence-corrected chi connectivity index (χ2v) is 15.1. The summed E-state index contributed by atoms with van der Waals surface area (Å²) in [5.74, 6) is -0.00827. The number of hydrogen-bond donors (Lipinski definition) is 3. The number of likely N-dealkylation sites (N-methyl/N-ethyl adjacent to an activating group) is 1. The quantitative estimate of drug-likeness (QED) is 0.119. The molecule has 0 aliphatic carbocycles. The van der Waals surface area contributed by atoms with Gasteiger partial charge in [-0.05, 0) is 65.6 Å². The summed E-state index contributed by atoms with van der Waals surface area (Å²) in [4.78, 5) is 2.37. The van der Waals surface area contributed by atoms with Crippen molar-refractivity contribution in [3.8, 4) is 11.1 Å².